The lowest BCUT2D eigenvalue weighted by atomic mass is 10.1. The van der Waals surface area contributed by atoms with E-state index in [1.807, 2.05) is 45.9 Å². The molecule has 0 fully saturated rings. The fourth-order valence-corrected chi connectivity index (χ4v) is 2.19. The summed E-state index contributed by atoms with van der Waals surface area (Å²) in [6.45, 7) is 7.95. The van der Waals surface area contributed by atoms with Crippen molar-refractivity contribution in [3.05, 3.63) is 35.9 Å². The Morgan fingerprint density at radius 2 is 1.88 bits per heavy atom. The van der Waals surface area contributed by atoms with Gasteiger partial charge in [-0.1, -0.05) is 30.3 Å². The molecular formula is C14H21NOS. The van der Waals surface area contributed by atoms with Crippen molar-refractivity contribution in [3.63, 3.8) is 0 Å². The second kappa shape index (κ2) is 6.10. The van der Waals surface area contributed by atoms with Crippen LogP contribution in [0.1, 0.15) is 33.3 Å². The first-order valence-corrected chi connectivity index (χ1v) is 6.91. The number of amides is 1. The first-order valence-electron chi connectivity index (χ1n) is 5.86. The van der Waals surface area contributed by atoms with Crippen LogP contribution in [-0.2, 0) is 10.5 Å². The van der Waals surface area contributed by atoms with Crippen LogP contribution in [0.15, 0.2) is 30.3 Å². The Morgan fingerprint density at radius 3 is 2.41 bits per heavy atom. The molecule has 0 saturated heterocycles. The summed E-state index contributed by atoms with van der Waals surface area (Å²) in [5, 5.41) is 2.98. The van der Waals surface area contributed by atoms with Gasteiger partial charge in [0.15, 0.2) is 0 Å². The molecule has 3 heteroatoms. The molecule has 2 nitrogen and oxygen atoms in total. The van der Waals surface area contributed by atoms with Crippen LogP contribution in [0.3, 0.4) is 0 Å². The van der Waals surface area contributed by atoms with Gasteiger partial charge in [-0.2, -0.15) is 0 Å². The quantitative estimate of drug-likeness (QED) is 0.890. The van der Waals surface area contributed by atoms with E-state index >= 15 is 0 Å². The van der Waals surface area contributed by atoms with Gasteiger partial charge in [-0.05, 0) is 33.3 Å². The molecule has 0 aliphatic rings. The number of carbonyl (C=O) groups excluding carboxylic acids is 1. The van der Waals surface area contributed by atoms with Crippen LogP contribution in [0, 0.1) is 0 Å². The molecule has 17 heavy (non-hydrogen) atoms. The maximum Gasteiger partial charge on any atom is 0.233 e. The summed E-state index contributed by atoms with van der Waals surface area (Å²) in [4.78, 5) is 11.8. The number of rotatable bonds is 4. The Labute approximate surface area is 108 Å². The molecule has 0 spiro atoms. The average molecular weight is 251 g/mol. The van der Waals surface area contributed by atoms with Crippen LogP contribution in [0.4, 0.5) is 0 Å². The van der Waals surface area contributed by atoms with Crippen LogP contribution < -0.4 is 5.32 Å². The number of hydrogen-bond acceptors (Lipinski definition) is 2. The maximum absolute atomic E-state index is 11.8. The largest absolute Gasteiger partial charge is 0.351 e. The zero-order chi connectivity index (χ0) is 12.9. The van der Waals surface area contributed by atoms with E-state index in [4.69, 9.17) is 0 Å². The van der Waals surface area contributed by atoms with Crippen molar-refractivity contribution >= 4 is 17.7 Å². The standard InChI is InChI=1S/C14H21NOS/c1-11(13(16)15-14(2,3)4)17-10-12-8-6-5-7-9-12/h5-9,11H,10H2,1-4H3,(H,15,16)/t11-/m0/s1. The predicted molar refractivity (Wildman–Crippen MR) is 75.1 cm³/mol. The summed E-state index contributed by atoms with van der Waals surface area (Å²) in [6, 6.07) is 10.2. The smallest absolute Gasteiger partial charge is 0.233 e. The zero-order valence-corrected chi connectivity index (χ0v) is 11.8. The highest BCUT2D eigenvalue weighted by molar-refractivity contribution is 7.99. The molecule has 0 unspecified atom stereocenters. The molecule has 0 radical (unpaired) electrons. The van der Waals surface area contributed by atoms with Crippen molar-refractivity contribution in [2.45, 2.75) is 44.2 Å². The topological polar surface area (TPSA) is 29.1 Å². The Hall–Kier alpha value is -0.960. The Balaban J connectivity index is 2.40. The molecule has 0 bridgehead atoms. The van der Waals surface area contributed by atoms with E-state index in [1.165, 1.54) is 5.56 Å². The minimum Gasteiger partial charge on any atom is -0.351 e. The third-order valence-corrected chi connectivity index (χ3v) is 3.42. The molecule has 94 valence electrons. The number of thioether (sulfide) groups is 1. The molecule has 0 aliphatic heterocycles. The van der Waals surface area contributed by atoms with Crippen LogP contribution >= 0.6 is 11.8 Å². The third-order valence-electron chi connectivity index (χ3n) is 2.21. The lowest BCUT2D eigenvalue weighted by molar-refractivity contribution is -0.121. The van der Waals surface area contributed by atoms with Crippen LogP contribution in [-0.4, -0.2) is 16.7 Å². The summed E-state index contributed by atoms with van der Waals surface area (Å²) >= 11 is 1.67. The Kier molecular flexibility index (Phi) is 5.06. The van der Waals surface area contributed by atoms with Crippen LogP contribution in [0.5, 0.6) is 0 Å². The molecule has 1 aromatic rings. The van der Waals surface area contributed by atoms with Gasteiger partial charge in [0.2, 0.25) is 5.91 Å². The summed E-state index contributed by atoms with van der Waals surface area (Å²) in [5.41, 5.74) is 1.10. The summed E-state index contributed by atoms with van der Waals surface area (Å²) in [5.74, 6) is 0.984. The van der Waals surface area contributed by atoms with E-state index in [0.29, 0.717) is 0 Å². The van der Waals surface area contributed by atoms with E-state index in [1.54, 1.807) is 11.8 Å². The van der Waals surface area contributed by atoms with Gasteiger partial charge in [0.25, 0.3) is 0 Å². The molecule has 1 N–H and O–H groups in total. The van der Waals surface area contributed by atoms with Gasteiger partial charge >= 0.3 is 0 Å². The van der Waals surface area contributed by atoms with Gasteiger partial charge in [-0.15, -0.1) is 11.8 Å². The highest BCUT2D eigenvalue weighted by Crippen LogP contribution is 2.18. The minimum atomic E-state index is -0.154. The van der Waals surface area contributed by atoms with Gasteiger partial charge in [0.05, 0.1) is 5.25 Å². The van der Waals surface area contributed by atoms with E-state index in [2.05, 4.69) is 17.4 Å². The van der Waals surface area contributed by atoms with Crippen molar-refractivity contribution in [3.8, 4) is 0 Å². The molecule has 1 aromatic carbocycles. The predicted octanol–water partition coefficient (Wildman–Crippen LogP) is 3.22. The highest BCUT2D eigenvalue weighted by atomic mass is 32.2. The monoisotopic (exact) mass is 251 g/mol. The van der Waals surface area contributed by atoms with E-state index in [-0.39, 0.29) is 16.7 Å². The summed E-state index contributed by atoms with van der Waals surface area (Å²) in [7, 11) is 0. The normalized spacial score (nSPS) is 13.2. The van der Waals surface area contributed by atoms with E-state index in [9.17, 15) is 4.79 Å². The third kappa shape index (κ3) is 5.78. The number of benzene rings is 1. The number of nitrogens with one attached hydrogen (secondary N) is 1. The van der Waals surface area contributed by atoms with Gasteiger partial charge in [0, 0.05) is 11.3 Å². The molecule has 0 aliphatic carbocycles. The van der Waals surface area contributed by atoms with Gasteiger partial charge in [-0.25, -0.2) is 0 Å². The number of carbonyl (C=O) groups is 1. The second-order valence-electron chi connectivity index (χ2n) is 5.18. The molecule has 1 atom stereocenters. The molecule has 0 saturated carbocycles. The van der Waals surface area contributed by atoms with Gasteiger partial charge < -0.3 is 5.32 Å². The van der Waals surface area contributed by atoms with E-state index in [0.717, 1.165) is 5.75 Å². The molecule has 1 amide bonds. The van der Waals surface area contributed by atoms with Crippen LogP contribution in [0.25, 0.3) is 0 Å². The highest BCUT2D eigenvalue weighted by Gasteiger charge is 2.19. The van der Waals surface area contributed by atoms with Crippen molar-refractivity contribution in [1.29, 1.82) is 0 Å². The molecular weight excluding hydrogens is 230 g/mol. The van der Waals surface area contributed by atoms with Gasteiger partial charge in [-0.3, -0.25) is 4.79 Å². The maximum atomic E-state index is 11.8. The fourth-order valence-electron chi connectivity index (χ4n) is 1.34. The van der Waals surface area contributed by atoms with Crippen molar-refractivity contribution in [2.24, 2.45) is 0 Å². The minimum absolute atomic E-state index is 0.0190. The van der Waals surface area contributed by atoms with Crippen molar-refractivity contribution in [1.82, 2.24) is 5.32 Å². The molecule has 0 aromatic heterocycles. The Morgan fingerprint density at radius 1 is 1.29 bits per heavy atom. The van der Waals surface area contributed by atoms with Crippen molar-refractivity contribution < 1.29 is 4.79 Å². The first kappa shape index (κ1) is 14.1. The van der Waals surface area contributed by atoms with E-state index < -0.39 is 0 Å². The fraction of sp³-hybridized carbons (Fsp3) is 0.500. The number of hydrogen-bond donors (Lipinski definition) is 1. The average Bonchev–Trinajstić information content (AvgIpc) is 2.25. The Bertz CT molecular complexity index is 356. The summed E-state index contributed by atoms with van der Waals surface area (Å²) in [6.07, 6.45) is 0. The first-order chi connectivity index (χ1) is 7.88. The molecule has 1 rings (SSSR count). The summed E-state index contributed by atoms with van der Waals surface area (Å²) < 4.78 is 0. The van der Waals surface area contributed by atoms with Crippen molar-refractivity contribution in [2.75, 3.05) is 0 Å². The SMILES string of the molecule is C[C@H](SCc1ccccc1)C(=O)NC(C)(C)C. The molecule has 0 heterocycles. The second-order valence-corrected chi connectivity index (χ2v) is 6.51. The lowest BCUT2D eigenvalue weighted by Gasteiger charge is -2.23. The zero-order valence-electron chi connectivity index (χ0n) is 11.0. The lowest BCUT2D eigenvalue weighted by Crippen LogP contribution is -2.44. The van der Waals surface area contributed by atoms with Gasteiger partial charge in [0.1, 0.15) is 0 Å². The van der Waals surface area contributed by atoms with Crippen LogP contribution in [0.2, 0.25) is 0 Å².